The zero-order valence-corrected chi connectivity index (χ0v) is 9.14. The third-order valence-electron chi connectivity index (χ3n) is 2.23. The number of carbonyl (C=O) groups excluding carboxylic acids is 2. The van der Waals surface area contributed by atoms with Crippen LogP contribution in [0.25, 0.3) is 0 Å². The lowest BCUT2D eigenvalue weighted by Crippen LogP contribution is -2.55. The molecular formula is C9H16N2O5. The van der Waals surface area contributed by atoms with Gasteiger partial charge in [-0.05, 0) is 0 Å². The Kier molecular flexibility index (Phi) is 5.00. The van der Waals surface area contributed by atoms with Crippen molar-refractivity contribution in [2.75, 3.05) is 40.0 Å². The quantitative estimate of drug-likeness (QED) is 0.622. The van der Waals surface area contributed by atoms with E-state index in [1.54, 1.807) is 0 Å². The van der Waals surface area contributed by atoms with Crippen LogP contribution in [0.1, 0.15) is 0 Å². The highest BCUT2D eigenvalue weighted by molar-refractivity contribution is 5.85. The minimum absolute atomic E-state index is 0.0728. The Hall–Kier alpha value is -1.34. The van der Waals surface area contributed by atoms with E-state index in [4.69, 9.17) is 14.6 Å². The van der Waals surface area contributed by atoms with Gasteiger partial charge in [-0.15, -0.1) is 0 Å². The van der Waals surface area contributed by atoms with E-state index in [1.807, 2.05) is 0 Å². The first-order chi connectivity index (χ1) is 7.70. The first-order valence-corrected chi connectivity index (χ1v) is 5.04. The van der Waals surface area contributed by atoms with Crippen LogP contribution in [0.15, 0.2) is 0 Å². The van der Waals surface area contributed by atoms with Crippen molar-refractivity contribution in [1.29, 1.82) is 0 Å². The van der Waals surface area contributed by atoms with Crippen molar-refractivity contribution < 1.29 is 24.2 Å². The van der Waals surface area contributed by atoms with E-state index in [0.717, 1.165) is 0 Å². The van der Waals surface area contributed by atoms with Crippen LogP contribution in [0.3, 0.4) is 0 Å². The van der Waals surface area contributed by atoms with Gasteiger partial charge in [0.1, 0.15) is 12.6 Å². The third-order valence-corrected chi connectivity index (χ3v) is 2.23. The molecule has 0 aromatic carbocycles. The molecule has 1 unspecified atom stereocenters. The largest absolute Gasteiger partial charge is 0.447 e. The van der Waals surface area contributed by atoms with Crippen molar-refractivity contribution in [1.82, 2.24) is 10.2 Å². The van der Waals surface area contributed by atoms with Gasteiger partial charge in [-0.3, -0.25) is 9.69 Å². The number of rotatable bonds is 3. The smallest absolute Gasteiger partial charge is 0.410 e. The highest BCUT2D eigenvalue weighted by atomic mass is 16.6. The molecule has 2 amide bonds. The highest BCUT2D eigenvalue weighted by Crippen LogP contribution is 2.08. The lowest BCUT2D eigenvalue weighted by molar-refractivity contribution is -0.130. The van der Waals surface area contributed by atoms with Crippen molar-refractivity contribution in [3.05, 3.63) is 0 Å². The maximum Gasteiger partial charge on any atom is 0.410 e. The van der Waals surface area contributed by atoms with Gasteiger partial charge in [0.15, 0.2) is 0 Å². The molecule has 0 spiro atoms. The number of amides is 2. The fraction of sp³-hybridized carbons (Fsp3) is 0.778. The molecule has 7 nitrogen and oxygen atoms in total. The number of aliphatic hydroxyl groups is 1. The molecule has 92 valence electrons. The Morgan fingerprint density at radius 3 is 3.00 bits per heavy atom. The lowest BCUT2D eigenvalue weighted by atomic mass is 10.2. The highest BCUT2D eigenvalue weighted by Gasteiger charge is 2.33. The van der Waals surface area contributed by atoms with E-state index >= 15 is 0 Å². The van der Waals surface area contributed by atoms with Crippen LogP contribution >= 0.6 is 0 Å². The Balaban J connectivity index is 2.59. The van der Waals surface area contributed by atoms with Gasteiger partial charge in [0.25, 0.3) is 0 Å². The van der Waals surface area contributed by atoms with Crippen LogP contribution in [0.2, 0.25) is 0 Å². The van der Waals surface area contributed by atoms with Gasteiger partial charge in [0.2, 0.25) is 5.91 Å². The molecule has 0 aliphatic carbocycles. The second-order valence-electron chi connectivity index (χ2n) is 3.24. The maximum absolute atomic E-state index is 11.5. The fourth-order valence-electron chi connectivity index (χ4n) is 1.42. The lowest BCUT2D eigenvalue weighted by Gasteiger charge is -2.33. The van der Waals surface area contributed by atoms with Gasteiger partial charge in [-0.2, -0.15) is 0 Å². The molecule has 1 saturated heterocycles. The number of hydrogen-bond acceptors (Lipinski definition) is 5. The Bertz CT molecular complexity index is 258. The van der Waals surface area contributed by atoms with Gasteiger partial charge in [0, 0.05) is 13.6 Å². The van der Waals surface area contributed by atoms with Crippen LogP contribution in [-0.2, 0) is 14.3 Å². The summed E-state index contributed by atoms with van der Waals surface area (Å²) < 4.78 is 9.89. The minimum atomic E-state index is -0.662. The standard InChI is InChI=1S/C9H16N2O5/c1-10-8(13)7-6-15-4-2-11(7)9(14)16-5-3-12/h7,12H,2-6H2,1H3,(H,10,13). The average Bonchev–Trinajstić information content (AvgIpc) is 2.35. The second-order valence-corrected chi connectivity index (χ2v) is 3.24. The molecule has 1 aliphatic rings. The Labute approximate surface area is 93.3 Å². The van der Waals surface area contributed by atoms with Crippen molar-refractivity contribution in [2.45, 2.75) is 6.04 Å². The number of hydrogen-bond donors (Lipinski definition) is 2. The molecule has 1 aliphatic heterocycles. The molecule has 1 fully saturated rings. The maximum atomic E-state index is 11.5. The topological polar surface area (TPSA) is 88.1 Å². The number of nitrogens with one attached hydrogen (secondary N) is 1. The minimum Gasteiger partial charge on any atom is -0.447 e. The predicted octanol–water partition coefficient (Wildman–Crippen LogP) is -1.44. The van der Waals surface area contributed by atoms with E-state index in [-0.39, 0.29) is 25.7 Å². The van der Waals surface area contributed by atoms with Crippen LogP contribution in [0, 0.1) is 0 Å². The van der Waals surface area contributed by atoms with E-state index in [1.165, 1.54) is 11.9 Å². The molecule has 2 N–H and O–H groups in total. The molecule has 16 heavy (non-hydrogen) atoms. The van der Waals surface area contributed by atoms with Gasteiger partial charge in [0.05, 0.1) is 19.8 Å². The molecule has 0 bridgehead atoms. The molecule has 0 aromatic heterocycles. The van der Waals surface area contributed by atoms with Crippen LogP contribution < -0.4 is 5.32 Å². The van der Waals surface area contributed by atoms with Crippen LogP contribution in [0.4, 0.5) is 4.79 Å². The van der Waals surface area contributed by atoms with E-state index in [0.29, 0.717) is 13.2 Å². The molecular weight excluding hydrogens is 216 g/mol. The van der Waals surface area contributed by atoms with Gasteiger partial charge in [-0.1, -0.05) is 0 Å². The molecule has 1 atom stereocenters. The summed E-state index contributed by atoms with van der Waals surface area (Å²) in [6, 6.07) is -0.662. The number of likely N-dealkylation sites (N-methyl/N-ethyl adjacent to an activating group) is 1. The van der Waals surface area contributed by atoms with E-state index in [2.05, 4.69) is 5.32 Å². The Morgan fingerprint density at radius 2 is 2.38 bits per heavy atom. The van der Waals surface area contributed by atoms with Crippen molar-refractivity contribution in [3.8, 4) is 0 Å². The van der Waals surface area contributed by atoms with E-state index in [9.17, 15) is 9.59 Å². The van der Waals surface area contributed by atoms with Crippen LogP contribution in [0.5, 0.6) is 0 Å². The summed E-state index contributed by atoms with van der Waals surface area (Å²) in [5.74, 6) is -0.291. The van der Waals surface area contributed by atoms with E-state index < -0.39 is 12.1 Å². The predicted molar refractivity (Wildman–Crippen MR) is 53.8 cm³/mol. The number of nitrogens with zero attached hydrogens (tertiary/aromatic N) is 1. The number of morpholine rings is 1. The summed E-state index contributed by atoms with van der Waals surface area (Å²) in [6.07, 6.45) is -0.606. The molecule has 0 saturated carbocycles. The number of carbonyl (C=O) groups is 2. The summed E-state index contributed by atoms with van der Waals surface area (Å²) in [5, 5.41) is 11.0. The second kappa shape index (κ2) is 6.29. The Morgan fingerprint density at radius 1 is 1.62 bits per heavy atom. The summed E-state index contributed by atoms with van der Waals surface area (Å²) in [4.78, 5) is 24.3. The first-order valence-electron chi connectivity index (χ1n) is 5.04. The number of ether oxygens (including phenoxy) is 2. The molecule has 7 heteroatoms. The zero-order valence-electron chi connectivity index (χ0n) is 9.14. The van der Waals surface area contributed by atoms with Crippen molar-refractivity contribution in [2.24, 2.45) is 0 Å². The van der Waals surface area contributed by atoms with Gasteiger partial charge < -0.3 is 19.9 Å². The molecule has 1 heterocycles. The zero-order chi connectivity index (χ0) is 12.0. The summed E-state index contributed by atoms with van der Waals surface area (Å²) in [5.41, 5.74) is 0. The fourth-order valence-corrected chi connectivity index (χ4v) is 1.42. The first kappa shape index (κ1) is 12.7. The number of aliphatic hydroxyl groups excluding tert-OH is 1. The van der Waals surface area contributed by atoms with Crippen LogP contribution in [-0.4, -0.2) is 68.1 Å². The SMILES string of the molecule is CNC(=O)C1COCCN1C(=O)OCCO. The average molecular weight is 232 g/mol. The third kappa shape index (κ3) is 3.07. The monoisotopic (exact) mass is 232 g/mol. The summed E-state index contributed by atoms with van der Waals surface area (Å²) in [7, 11) is 1.49. The molecule has 0 aromatic rings. The normalized spacial score (nSPS) is 20.4. The molecule has 1 rings (SSSR count). The summed E-state index contributed by atoms with van der Waals surface area (Å²) in [6.45, 7) is 0.537. The van der Waals surface area contributed by atoms with Gasteiger partial charge in [-0.25, -0.2) is 4.79 Å². The van der Waals surface area contributed by atoms with Crippen molar-refractivity contribution in [3.63, 3.8) is 0 Å². The molecule has 0 radical (unpaired) electrons. The summed E-state index contributed by atoms with van der Waals surface area (Å²) >= 11 is 0. The van der Waals surface area contributed by atoms with Gasteiger partial charge >= 0.3 is 6.09 Å². The van der Waals surface area contributed by atoms with Crippen molar-refractivity contribution >= 4 is 12.0 Å².